The topological polar surface area (TPSA) is 122 Å². The summed E-state index contributed by atoms with van der Waals surface area (Å²) in [5, 5.41) is 18.4. The number of carbonyl (C=O) groups is 1. The Balaban J connectivity index is 1.87. The Morgan fingerprint density at radius 1 is 1.28 bits per heavy atom. The first-order chi connectivity index (χ1) is 14.0. The van der Waals surface area contributed by atoms with E-state index in [-0.39, 0.29) is 6.42 Å². The van der Waals surface area contributed by atoms with Crippen LogP contribution in [-0.4, -0.2) is 45.6 Å². The van der Waals surface area contributed by atoms with Crippen LogP contribution >= 0.6 is 0 Å². The molecule has 148 valence electrons. The molecule has 0 saturated heterocycles. The summed E-state index contributed by atoms with van der Waals surface area (Å²) in [6.07, 6.45) is 9.34. The third kappa shape index (κ3) is 3.84. The van der Waals surface area contributed by atoms with E-state index in [4.69, 9.17) is 4.98 Å². The first kappa shape index (κ1) is 18.7. The largest absolute Gasteiger partial charge is 0.481 e. The molecular weight excluding hydrogens is 370 g/mol. The smallest absolute Gasteiger partial charge is 0.314 e. The SMILES string of the molecule is CC(C)Cc1nc(-c2cccnc2)cn2c(C(Cc3c[nH]cn3)C(=O)O)nnc12. The normalized spacial score (nSPS) is 12.5. The zero-order chi connectivity index (χ0) is 20.4. The first-order valence-electron chi connectivity index (χ1n) is 9.38. The molecule has 4 aromatic heterocycles. The zero-order valence-electron chi connectivity index (χ0n) is 16.1. The van der Waals surface area contributed by atoms with Gasteiger partial charge in [0, 0.05) is 36.8 Å². The van der Waals surface area contributed by atoms with Gasteiger partial charge in [-0.25, -0.2) is 9.97 Å². The Hall–Kier alpha value is -3.62. The van der Waals surface area contributed by atoms with Crippen molar-refractivity contribution in [3.63, 3.8) is 0 Å². The van der Waals surface area contributed by atoms with E-state index in [0.717, 1.165) is 11.3 Å². The molecule has 9 heteroatoms. The van der Waals surface area contributed by atoms with Gasteiger partial charge in [-0.05, 0) is 24.5 Å². The summed E-state index contributed by atoms with van der Waals surface area (Å²) < 4.78 is 1.75. The van der Waals surface area contributed by atoms with E-state index in [2.05, 4.69) is 39.0 Å². The molecule has 0 amide bonds. The van der Waals surface area contributed by atoms with Crippen molar-refractivity contribution < 1.29 is 9.90 Å². The number of nitrogens with one attached hydrogen (secondary N) is 1. The standard InChI is InChI=1S/C20H21N7O2/c1-12(2)6-16-19-26-25-18(15(20(28)29)7-14-9-22-11-23-14)27(19)10-17(24-16)13-4-3-5-21-8-13/h3-5,8-12,15H,6-7H2,1-2H3,(H,22,23)(H,28,29). The monoisotopic (exact) mass is 391 g/mol. The Kier molecular flexibility index (Phi) is 5.03. The van der Waals surface area contributed by atoms with Gasteiger partial charge in [-0.15, -0.1) is 10.2 Å². The maximum absolute atomic E-state index is 12.0. The highest BCUT2D eigenvalue weighted by molar-refractivity contribution is 5.76. The number of imidazole rings is 1. The second-order valence-corrected chi connectivity index (χ2v) is 7.32. The van der Waals surface area contributed by atoms with Gasteiger partial charge in [-0.3, -0.25) is 14.2 Å². The summed E-state index contributed by atoms with van der Waals surface area (Å²) in [7, 11) is 0. The number of pyridine rings is 1. The van der Waals surface area contributed by atoms with Crippen LogP contribution in [0.3, 0.4) is 0 Å². The number of hydrogen-bond acceptors (Lipinski definition) is 6. The molecule has 0 saturated carbocycles. The molecule has 4 rings (SSSR count). The van der Waals surface area contributed by atoms with Crippen LogP contribution in [-0.2, 0) is 17.6 Å². The van der Waals surface area contributed by atoms with Gasteiger partial charge in [0.25, 0.3) is 0 Å². The van der Waals surface area contributed by atoms with Crippen molar-refractivity contribution >= 4 is 11.6 Å². The zero-order valence-corrected chi connectivity index (χ0v) is 16.1. The van der Waals surface area contributed by atoms with Crippen molar-refractivity contribution in [2.24, 2.45) is 5.92 Å². The number of aromatic nitrogens is 7. The lowest BCUT2D eigenvalue weighted by molar-refractivity contribution is -0.139. The van der Waals surface area contributed by atoms with E-state index in [9.17, 15) is 9.90 Å². The van der Waals surface area contributed by atoms with Gasteiger partial charge in [0.1, 0.15) is 5.92 Å². The lowest BCUT2D eigenvalue weighted by Crippen LogP contribution is -2.18. The van der Waals surface area contributed by atoms with Crippen LogP contribution < -0.4 is 0 Å². The maximum Gasteiger partial charge on any atom is 0.314 e. The van der Waals surface area contributed by atoms with Crippen LogP contribution in [0.2, 0.25) is 0 Å². The molecule has 0 aliphatic carbocycles. The molecule has 0 radical (unpaired) electrons. The molecule has 4 heterocycles. The Morgan fingerprint density at radius 3 is 2.79 bits per heavy atom. The minimum Gasteiger partial charge on any atom is -0.481 e. The van der Waals surface area contributed by atoms with Crippen molar-refractivity contribution in [1.82, 2.24) is 34.5 Å². The highest BCUT2D eigenvalue weighted by Crippen LogP contribution is 2.25. The first-order valence-corrected chi connectivity index (χ1v) is 9.38. The maximum atomic E-state index is 12.0. The number of rotatable bonds is 7. The predicted octanol–water partition coefficient (Wildman–Crippen LogP) is 2.52. The molecule has 4 aromatic rings. The Bertz CT molecular complexity index is 1120. The van der Waals surface area contributed by atoms with E-state index in [0.29, 0.717) is 35.2 Å². The van der Waals surface area contributed by atoms with E-state index in [1.165, 1.54) is 6.33 Å². The van der Waals surface area contributed by atoms with Crippen LogP contribution in [0.1, 0.15) is 37.0 Å². The lowest BCUT2D eigenvalue weighted by atomic mass is 10.0. The van der Waals surface area contributed by atoms with Crippen LogP contribution in [0.5, 0.6) is 0 Å². The summed E-state index contributed by atoms with van der Waals surface area (Å²) in [5.41, 5.74) is 3.56. The quantitative estimate of drug-likeness (QED) is 0.496. The van der Waals surface area contributed by atoms with Crippen molar-refractivity contribution in [2.45, 2.75) is 32.6 Å². The number of fused-ring (bicyclic) bond motifs is 1. The molecule has 0 fully saturated rings. The molecule has 0 bridgehead atoms. The fraction of sp³-hybridized carbons (Fsp3) is 0.300. The molecule has 0 spiro atoms. The van der Waals surface area contributed by atoms with E-state index < -0.39 is 11.9 Å². The Labute approximate surface area is 166 Å². The second kappa shape index (κ2) is 7.78. The molecule has 0 aromatic carbocycles. The van der Waals surface area contributed by atoms with Gasteiger partial charge in [-0.1, -0.05) is 13.8 Å². The molecule has 9 nitrogen and oxygen atoms in total. The van der Waals surface area contributed by atoms with Gasteiger partial charge < -0.3 is 10.1 Å². The lowest BCUT2D eigenvalue weighted by Gasteiger charge is -2.12. The van der Waals surface area contributed by atoms with Gasteiger partial charge >= 0.3 is 5.97 Å². The summed E-state index contributed by atoms with van der Waals surface area (Å²) in [4.78, 5) is 28.0. The van der Waals surface area contributed by atoms with Crippen molar-refractivity contribution in [1.29, 1.82) is 0 Å². The van der Waals surface area contributed by atoms with Crippen molar-refractivity contribution in [3.8, 4) is 11.3 Å². The summed E-state index contributed by atoms with van der Waals surface area (Å²) in [5.74, 6) is -1.15. The summed E-state index contributed by atoms with van der Waals surface area (Å²) in [6.45, 7) is 4.20. The molecule has 0 aliphatic heterocycles. The number of hydrogen-bond donors (Lipinski definition) is 2. The number of carboxylic acids is 1. The summed E-state index contributed by atoms with van der Waals surface area (Å²) >= 11 is 0. The molecule has 29 heavy (non-hydrogen) atoms. The molecule has 1 unspecified atom stereocenters. The van der Waals surface area contributed by atoms with E-state index >= 15 is 0 Å². The number of nitrogens with zero attached hydrogens (tertiary/aromatic N) is 6. The average molecular weight is 391 g/mol. The van der Waals surface area contributed by atoms with Gasteiger partial charge in [0.15, 0.2) is 11.5 Å². The van der Waals surface area contributed by atoms with E-state index in [1.54, 1.807) is 29.2 Å². The fourth-order valence-electron chi connectivity index (χ4n) is 3.29. The third-order valence-electron chi connectivity index (χ3n) is 4.62. The van der Waals surface area contributed by atoms with Crippen LogP contribution in [0.15, 0.2) is 43.2 Å². The van der Waals surface area contributed by atoms with Crippen LogP contribution in [0, 0.1) is 5.92 Å². The van der Waals surface area contributed by atoms with Gasteiger partial charge in [-0.2, -0.15) is 0 Å². The molecule has 0 aliphatic rings. The number of H-pyrrole nitrogens is 1. The van der Waals surface area contributed by atoms with Gasteiger partial charge in [0.05, 0.1) is 23.4 Å². The molecule has 1 atom stereocenters. The van der Waals surface area contributed by atoms with E-state index in [1.807, 2.05) is 12.1 Å². The van der Waals surface area contributed by atoms with Crippen molar-refractivity contribution in [2.75, 3.05) is 0 Å². The minimum atomic E-state index is -0.979. The highest BCUT2D eigenvalue weighted by Gasteiger charge is 2.28. The van der Waals surface area contributed by atoms with Gasteiger partial charge in [0.2, 0.25) is 0 Å². The molecular formula is C20H21N7O2. The number of aromatic amines is 1. The second-order valence-electron chi connectivity index (χ2n) is 7.32. The molecule has 2 N–H and O–H groups in total. The van der Waals surface area contributed by atoms with Crippen LogP contribution in [0.4, 0.5) is 0 Å². The van der Waals surface area contributed by atoms with Crippen LogP contribution in [0.25, 0.3) is 16.9 Å². The minimum absolute atomic E-state index is 0.212. The Morgan fingerprint density at radius 2 is 2.14 bits per heavy atom. The predicted molar refractivity (Wildman–Crippen MR) is 105 cm³/mol. The fourth-order valence-corrected chi connectivity index (χ4v) is 3.29. The number of aliphatic carboxylic acids is 1. The highest BCUT2D eigenvalue weighted by atomic mass is 16.4. The average Bonchev–Trinajstić information content (AvgIpc) is 3.36. The van der Waals surface area contributed by atoms with Crippen molar-refractivity contribution in [3.05, 3.63) is 60.5 Å². The summed E-state index contributed by atoms with van der Waals surface area (Å²) in [6, 6.07) is 3.76. The third-order valence-corrected chi connectivity index (χ3v) is 4.62. The number of carboxylic acid groups (broad SMARTS) is 1.